The van der Waals surface area contributed by atoms with Gasteiger partial charge in [0, 0.05) is 19.2 Å². The maximum absolute atomic E-state index is 12.2. The fraction of sp³-hybridized carbons (Fsp3) is 0.583. The predicted molar refractivity (Wildman–Crippen MR) is 64.1 cm³/mol. The fourth-order valence-corrected chi connectivity index (χ4v) is 3.00. The van der Waals surface area contributed by atoms with Gasteiger partial charge in [-0.3, -0.25) is 4.79 Å². The minimum Gasteiger partial charge on any atom is -0.458 e. The molecule has 2 aliphatic rings. The highest BCUT2D eigenvalue weighted by Gasteiger charge is 2.33. The molecule has 2 bridgehead atoms. The summed E-state index contributed by atoms with van der Waals surface area (Å²) in [5, 5.41) is 3.89. The molecule has 1 aromatic heterocycles. The first-order valence-corrected chi connectivity index (χ1v) is 6.34. The lowest BCUT2D eigenvalue weighted by Crippen LogP contribution is -2.52. The third-order valence-corrected chi connectivity index (χ3v) is 3.75. The summed E-state index contributed by atoms with van der Waals surface area (Å²) in [6.07, 6.45) is 2.64. The summed E-state index contributed by atoms with van der Waals surface area (Å²) in [5.41, 5.74) is 0. The third kappa shape index (κ3) is 2.19. The van der Waals surface area contributed by atoms with Crippen molar-refractivity contribution >= 4 is 17.5 Å². The SMILES string of the molecule is O=C(c1cc(Cl)co1)N1C[C@@H]2CNC[C@@H](C2)C1. The monoisotopic (exact) mass is 254 g/mol. The van der Waals surface area contributed by atoms with E-state index >= 15 is 0 Å². The predicted octanol–water partition coefficient (Wildman–Crippen LogP) is 1.61. The van der Waals surface area contributed by atoms with Crippen LogP contribution >= 0.6 is 11.6 Å². The van der Waals surface area contributed by atoms with Crippen LogP contribution in [0.25, 0.3) is 0 Å². The lowest BCUT2D eigenvalue weighted by atomic mass is 9.86. The normalized spacial score (nSPS) is 28.2. The molecule has 1 N–H and O–H groups in total. The smallest absolute Gasteiger partial charge is 0.289 e. The quantitative estimate of drug-likeness (QED) is 0.828. The second kappa shape index (κ2) is 4.35. The van der Waals surface area contributed by atoms with Crippen LogP contribution in [0.3, 0.4) is 0 Å². The van der Waals surface area contributed by atoms with E-state index in [1.807, 2.05) is 4.90 Å². The summed E-state index contributed by atoms with van der Waals surface area (Å²) in [6.45, 7) is 3.67. The zero-order valence-electron chi connectivity index (χ0n) is 9.49. The van der Waals surface area contributed by atoms with Crippen LogP contribution in [0.1, 0.15) is 17.0 Å². The Morgan fingerprint density at radius 2 is 2.12 bits per heavy atom. The van der Waals surface area contributed by atoms with Gasteiger partial charge >= 0.3 is 0 Å². The molecule has 2 aliphatic heterocycles. The molecule has 0 unspecified atom stereocenters. The van der Waals surface area contributed by atoms with E-state index in [0.29, 0.717) is 22.6 Å². The van der Waals surface area contributed by atoms with Gasteiger partial charge < -0.3 is 14.6 Å². The minimum absolute atomic E-state index is 0.0338. The van der Waals surface area contributed by atoms with Crippen LogP contribution in [0.4, 0.5) is 0 Å². The number of nitrogens with one attached hydrogen (secondary N) is 1. The van der Waals surface area contributed by atoms with Crippen LogP contribution in [-0.4, -0.2) is 37.0 Å². The number of amides is 1. The molecule has 0 spiro atoms. The Hall–Kier alpha value is -1.00. The average Bonchev–Trinajstić information content (AvgIpc) is 2.74. The van der Waals surface area contributed by atoms with Gasteiger partial charge in [-0.2, -0.15) is 0 Å². The van der Waals surface area contributed by atoms with Crippen molar-refractivity contribution in [1.82, 2.24) is 10.2 Å². The van der Waals surface area contributed by atoms with E-state index in [1.165, 1.54) is 12.7 Å². The number of carbonyl (C=O) groups excluding carboxylic acids is 1. The van der Waals surface area contributed by atoms with Crippen LogP contribution in [0.2, 0.25) is 5.02 Å². The largest absolute Gasteiger partial charge is 0.458 e. The number of likely N-dealkylation sites (tertiary alicyclic amines) is 1. The maximum Gasteiger partial charge on any atom is 0.289 e. The minimum atomic E-state index is -0.0338. The number of piperidine rings is 2. The first kappa shape index (κ1) is 11.1. The number of nitrogens with zero attached hydrogens (tertiary/aromatic N) is 1. The molecule has 0 aromatic carbocycles. The van der Waals surface area contributed by atoms with E-state index in [2.05, 4.69) is 5.32 Å². The van der Waals surface area contributed by atoms with E-state index in [1.54, 1.807) is 6.07 Å². The first-order chi connectivity index (χ1) is 8.22. The van der Waals surface area contributed by atoms with Crippen molar-refractivity contribution in [1.29, 1.82) is 0 Å². The van der Waals surface area contributed by atoms with Gasteiger partial charge in [0.05, 0.1) is 5.02 Å². The van der Waals surface area contributed by atoms with E-state index < -0.39 is 0 Å². The fourth-order valence-electron chi connectivity index (χ4n) is 2.85. The van der Waals surface area contributed by atoms with Gasteiger partial charge in [0.2, 0.25) is 0 Å². The average molecular weight is 255 g/mol. The summed E-state index contributed by atoms with van der Waals surface area (Å²) in [5.74, 6) is 1.48. The molecule has 17 heavy (non-hydrogen) atoms. The maximum atomic E-state index is 12.2. The van der Waals surface area contributed by atoms with Gasteiger partial charge in [0.25, 0.3) is 5.91 Å². The highest BCUT2D eigenvalue weighted by Crippen LogP contribution is 2.26. The van der Waals surface area contributed by atoms with Gasteiger partial charge in [0.1, 0.15) is 6.26 Å². The molecule has 0 radical (unpaired) electrons. The van der Waals surface area contributed by atoms with Crippen molar-refractivity contribution < 1.29 is 9.21 Å². The van der Waals surface area contributed by atoms with Crippen LogP contribution in [-0.2, 0) is 0 Å². The standard InChI is InChI=1S/C12H15ClN2O2/c13-10-2-11(17-7-10)12(16)15-5-8-1-9(6-15)4-14-3-8/h2,7-9,14H,1,3-6H2/t8-,9+. The first-order valence-electron chi connectivity index (χ1n) is 5.96. The van der Waals surface area contributed by atoms with Crippen LogP contribution in [0.15, 0.2) is 16.7 Å². The summed E-state index contributed by atoms with van der Waals surface area (Å²) < 4.78 is 5.16. The molecule has 2 saturated heterocycles. The van der Waals surface area contributed by atoms with Crippen molar-refractivity contribution in [2.24, 2.45) is 11.8 Å². The van der Waals surface area contributed by atoms with Gasteiger partial charge in [-0.15, -0.1) is 0 Å². The van der Waals surface area contributed by atoms with Gasteiger partial charge in [-0.05, 0) is 31.3 Å². The summed E-state index contributed by atoms with van der Waals surface area (Å²) in [7, 11) is 0. The third-order valence-electron chi connectivity index (χ3n) is 3.56. The number of halogens is 1. The topological polar surface area (TPSA) is 45.5 Å². The Labute approximate surface area is 105 Å². The Morgan fingerprint density at radius 3 is 2.71 bits per heavy atom. The molecule has 2 fully saturated rings. The van der Waals surface area contributed by atoms with Crippen molar-refractivity contribution in [3.8, 4) is 0 Å². The van der Waals surface area contributed by atoms with Gasteiger partial charge in [-0.25, -0.2) is 0 Å². The van der Waals surface area contributed by atoms with E-state index in [-0.39, 0.29) is 5.91 Å². The number of hydrogen-bond acceptors (Lipinski definition) is 3. The molecule has 0 aliphatic carbocycles. The van der Waals surface area contributed by atoms with E-state index in [0.717, 1.165) is 26.2 Å². The number of furan rings is 1. The Kier molecular flexibility index (Phi) is 2.84. The van der Waals surface area contributed by atoms with Crippen molar-refractivity contribution in [3.63, 3.8) is 0 Å². The summed E-state index contributed by atoms with van der Waals surface area (Å²) >= 11 is 5.76. The van der Waals surface area contributed by atoms with Crippen molar-refractivity contribution in [2.45, 2.75) is 6.42 Å². The zero-order chi connectivity index (χ0) is 11.8. The van der Waals surface area contributed by atoms with E-state index in [9.17, 15) is 4.79 Å². The molecule has 3 heterocycles. The lowest BCUT2D eigenvalue weighted by Gasteiger charge is -2.41. The molecule has 4 nitrogen and oxygen atoms in total. The highest BCUT2D eigenvalue weighted by atomic mass is 35.5. The van der Waals surface area contributed by atoms with Crippen LogP contribution in [0, 0.1) is 11.8 Å². The van der Waals surface area contributed by atoms with Gasteiger partial charge in [0.15, 0.2) is 5.76 Å². The molecule has 1 amide bonds. The molecule has 5 heteroatoms. The second-order valence-electron chi connectivity index (χ2n) is 4.97. The Morgan fingerprint density at radius 1 is 1.41 bits per heavy atom. The molecule has 2 atom stereocenters. The summed E-state index contributed by atoms with van der Waals surface area (Å²) in [4.78, 5) is 14.1. The Bertz CT molecular complexity index is 420. The Balaban J connectivity index is 1.74. The summed E-state index contributed by atoms with van der Waals surface area (Å²) in [6, 6.07) is 1.59. The van der Waals surface area contributed by atoms with Crippen molar-refractivity contribution in [2.75, 3.05) is 26.2 Å². The number of fused-ring (bicyclic) bond motifs is 2. The zero-order valence-corrected chi connectivity index (χ0v) is 10.2. The lowest BCUT2D eigenvalue weighted by molar-refractivity contribution is 0.0508. The van der Waals surface area contributed by atoms with E-state index in [4.69, 9.17) is 16.0 Å². The molecular formula is C12H15ClN2O2. The van der Waals surface area contributed by atoms with Crippen LogP contribution in [0.5, 0.6) is 0 Å². The van der Waals surface area contributed by atoms with Crippen LogP contribution < -0.4 is 5.32 Å². The van der Waals surface area contributed by atoms with Crippen molar-refractivity contribution in [3.05, 3.63) is 23.1 Å². The molecular weight excluding hydrogens is 240 g/mol. The molecule has 0 saturated carbocycles. The number of rotatable bonds is 1. The number of hydrogen-bond donors (Lipinski definition) is 1. The highest BCUT2D eigenvalue weighted by molar-refractivity contribution is 6.30. The number of carbonyl (C=O) groups is 1. The molecule has 92 valence electrons. The molecule has 3 rings (SSSR count). The van der Waals surface area contributed by atoms with Gasteiger partial charge in [-0.1, -0.05) is 11.6 Å². The second-order valence-corrected chi connectivity index (χ2v) is 5.40. The molecule has 1 aromatic rings.